The van der Waals surface area contributed by atoms with E-state index in [-0.39, 0.29) is 12.0 Å². The first-order chi connectivity index (χ1) is 12.2. The summed E-state index contributed by atoms with van der Waals surface area (Å²) < 4.78 is 6.27. The number of carbonyl (C=O) groups excluding carboxylic acids is 1. The van der Waals surface area contributed by atoms with E-state index in [0.29, 0.717) is 18.3 Å². The van der Waals surface area contributed by atoms with E-state index in [0.717, 1.165) is 42.9 Å². The van der Waals surface area contributed by atoms with Gasteiger partial charge in [-0.3, -0.25) is 9.78 Å². The van der Waals surface area contributed by atoms with Crippen molar-refractivity contribution in [3.8, 4) is 5.75 Å². The van der Waals surface area contributed by atoms with E-state index in [1.54, 1.807) is 6.20 Å². The van der Waals surface area contributed by atoms with Gasteiger partial charge in [-0.15, -0.1) is 0 Å². The molecule has 2 heterocycles. The molecule has 130 valence electrons. The van der Waals surface area contributed by atoms with Crippen molar-refractivity contribution in [3.05, 3.63) is 59.9 Å². The molecule has 1 saturated carbocycles. The van der Waals surface area contributed by atoms with Crippen molar-refractivity contribution in [2.45, 2.75) is 32.3 Å². The van der Waals surface area contributed by atoms with E-state index in [1.165, 1.54) is 0 Å². The number of hydrogen-bond donors (Lipinski definition) is 0. The van der Waals surface area contributed by atoms with Crippen molar-refractivity contribution in [3.63, 3.8) is 0 Å². The fourth-order valence-corrected chi connectivity index (χ4v) is 4.20. The Morgan fingerprint density at radius 2 is 2.00 bits per heavy atom. The Morgan fingerprint density at radius 1 is 1.16 bits per heavy atom. The molecule has 0 spiro atoms. The molecule has 2 aliphatic rings. The highest BCUT2D eigenvalue weighted by molar-refractivity contribution is 5.79. The van der Waals surface area contributed by atoms with Crippen LogP contribution in [0.15, 0.2) is 48.7 Å². The third kappa shape index (κ3) is 3.39. The topological polar surface area (TPSA) is 42.4 Å². The molecule has 25 heavy (non-hydrogen) atoms. The zero-order chi connectivity index (χ0) is 17.2. The summed E-state index contributed by atoms with van der Waals surface area (Å²) in [5.74, 6) is 2.13. The Morgan fingerprint density at radius 3 is 2.80 bits per heavy atom. The number of carbonyl (C=O) groups is 1. The Hall–Kier alpha value is -2.36. The number of amides is 1. The number of ether oxygens (including phenoxy) is 1. The Bertz CT molecular complexity index is 747. The molecule has 4 heteroatoms. The van der Waals surface area contributed by atoms with E-state index >= 15 is 0 Å². The predicted octanol–water partition coefficient (Wildman–Crippen LogP) is 3.25. The summed E-state index contributed by atoms with van der Waals surface area (Å²) in [6.07, 6.45) is 4.70. The van der Waals surface area contributed by atoms with E-state index < -0.39 is 0 Å². The molecule has 0 unspecified atom stereocenters. The van der Waals surface area contributed by atoms with Crippen molar-refractivity contribution in [2.75, 3.05) is 13.1 Å². The number of benzene rings is 1. The summed E-state index contributed by atoms with van der Waals surface area (Å²) >= 11 is 0. The first-order valence-electron chi connectivity index (χ1n) is 9.10. The standard InChI is InChI=1S/C21H24N2O2/c1-15-19(8-5-11-22-15)25-20-10-9-17-13-23(14-18(17)20)21(24)12-16-6-3-2-4-7-16/h2-8,11,17-18,20H,9-10,12-14H2,1H3/t17-,18+,20-/m1/s1. The number of fused-ring (bicyclic) bond motifs is 1. The van der Waals surface area contributed by atoms with E-state index in [1.807, 2.05) is 54.3 Å². The minimum atomic E-state index is 0.197. The monoisotopic (exact) mass is 336 g/mol. The molecule has 1 amide bonds. The van der Waals surface area contributed by atoms with E-state index in [4.69, 9.17) is 4.74 Å². The van der Waals surface area contributed by atoms with Gasteiger partial charge in [0.15, 0.2) is 0 Å². The van der Waals surface area contributed by atoms with Gasteiger partial charge in [0.05, 0.1) is 12.1 Å². The highest BCUT2D eigenvalue weighted by Crippen LogP contribution is 2.40. The van der Waals surface area contributed by atoms with Crippen LogP contribution in [0.5, 0.6) is 5.75 Å². The smallest absolute Gasteiger partial charge is 0.227 e. The van der Waals surface area contributed by atoms with Gasteiger partial charge in [0, 0.05) is 25.2 Å². The van der Waals surface area contributed by atoms with Crippen molar-refractivity contribution < 1.29 is 9.53 Å². The zero-order valence-corrected chi connectivity index (χ0v) is 14.6. The van der Waals surface area contributed by atoms with Crippen LogP contribution >= 0.6 is 0 Å². The van der Waals surface area contributed by atoms with E-state index in [2.05, 4.69) is 4.98 Å². The predicted molar refractivity (Wildman–Crippen MR) is 96.3 cm³/mol. The SMILES string of the molecule is Cc1ncccc1O[C@@H]1CC[C@@H]2CN(C(=O)Cc3ccccc3)C[C@@H]21. The first kappa shape index (κ1) is 16.1. The minimum absolute atomic E-state index is 0.197. The fraction of sp³-hybridized carbons (Fsp3) is 0.429. The molecule has 0 N–H and O–H groups in total. The average molecular weight is 336 g/mol. The third-order valence-electron chi connectivity index (χ3n) is 5.58. The zero-order valence-electron chi connectivity index (χ0n) is 14.6. The maximum atomic E-state index is 12.6. The molecule has 1 aromatic heterocycles. The Balaban J connectivity index is 1.39. The second-order valence-electron chi connectivity index (χ2n) is 7.21. The number of aromatic nitrogens is 1. The molecule has 1 aromatic carbocycles. The van der Waals surface area contributed by atoms with Crippen LogP contribution < -0.4 is 4.74 Å². The molecule has 4 nitrogen and oxygen atoms in total. The largest absolute Gasteiger partial charge is 0.488 e. The Kier molecular flexibility index (Phi) is 4.43. The normalized spacial score (nSPS) is 25.0. The number of hydrogen-bond acceptors (Lipinski definition) is 3. The lowest BCUT2D eigenvalue weighted by Gasteiger charge is -2.22. The van der Waals surface area contributed by atoms with Crippen LogP contribution in [-0.2, 0) is 11.2 Å². The minimum Gasteiger partial charge on any atom is -0.488 e. The van der Waals surface area contributed by atoms with Crippen LogP contribution in [0.3, 0.4) is 0 Å². The van der Waals surface area contributed by atoms with Crippen LogP contribution in [0, 0.1) is 18.8 Å². The number of nitrogens with zero attached hydrogens (tertiary/aromatic N) is 2. The summed E-state index contributed by atoms with van der Waals surface area (Å²) in [6, 6.07) is 13.9. The van der Waals surface area contributed by atoms with Gasteiger partial charge in [-0.1, -0.05) is 30.3 Å². The number of rotatable bonds is 4. The number of pyridine rings is 1. The average Bonchev–Trinajstić information content (AvgIpc) is 3.20. The van der Waals surface area contributed by atoms with Gasteiger partial charge in [0.2, 0.25) is 5.91 Å². The molecule has 4 rings (SSSR count). The molecule has 1 saturated heterocycles. The molecule has 1 aliphatic carbocycles. The number of likely N-dealkylation sites (tertiary alicyclic amines) is 1. The quantitative estimate of drug-likeness (QED) is 0.861. The maximum Gasteiger partial charge on any atom is 0.227 e. The van der Waals surface area contributed by atoms with Gasteiger partial charge < -0.3 is 9.64 Å². The van der Waals surface area contributed by atoms with Gasteiger partial charge in [0.25, 0.3) is 0 Å². The Labute approximate surface area is 148 Å². The fourth-order valence-electron chi connectivity index (χ4n) is 4.20. The van der Waals surface area contributed by atoms with Crippen molar-refractivity contribution in [1.82, 2.24) is 9.88 Å². The van der Waals surface area contributed by atoms with Gasteiger partial charge in [0.1, 0.15) is 11.9 Å². The van der Waals surface area contributed by atoms with Crippen LogP contribution in [0.25, 0.3) is 0 Å². The molecule has 2 fully saturated rings. The molecule has 2 aromatic rings. The third-order valence-corrected chi connectivity index (χ3v) is 5.58. The summed E-state index contributed by atoms with van der Waals surface area (Å²) in [7, 11) is 0. The van der Waals surface area contributed by atoms with Crippen LogP contribution in [0.4, 0.5) is 0 Å². The highest BCUT2D eigenvalue weighted by atomic mass is 16.5. The molecule has 1 aliphatic heterocycles. The van der Waals surface area contributed by atoms with Gasteiger partial charge in [-0.05, 0) is 43.4 Å². The number of aryl methyl sites for hydroxylation is 1. The molecular formula is C21H24N2O2. The van der Waals surface area contributed by atoms with Crippen LogP contribution in [-0.4, -0.2) is 35.0 Å². The summed E-state index contributed by atoms with van der Waals surface area (Å²) in [5.41, 5.74) is 2.02. The first-order valence-corrected chi connectivity index (χ1v) is 9.10. The summed E-state index contributed by atoms with van der Waals surface area (Å²) in [6.45, 7) is 3.68. The van der Waals surface area contributed by atoms with Crippen molar-refractivity contribution in [1.29, 1.82) is 0 Å². The van der Waals surface area contributed by atoms with E-state index in [9.17, 15) is 4.79 Å². The molecule has 0 radical (unpaired) electrons. The summed E-state index contributed by atoms with van der Waals surface area (Å²) in [4.78, 5) is 19.0. The lowest BCUT2D eigenvalue weighted by molar-refractivity contribution is -0.129. The highest BCUT2D eigenvalue weighted by Gasteiger charge is 2.45. The van der Waals surface area contributed by atoms with Gasteiger partial charge in [-0.2, -0.15) is 0 Å². The maximum absolute atomic E-state index is 12.6. The molecule has 3 atom stereocenters. The lowest BCUT2D eigenvalue weighted by Crippen LogP contribution is -2.33. The van der Waals surface area contributed by atoms with Crippen LogP contribution in [0.2, 0.25) is 0 Å². The van der Waals surface area contributed by atoms with Gasteiger partial charge >= 0.3 is 0 Å². The van der Waals surface area contributed by atoms with Gasteiger partial charge in [-0.25, -0.2) is 0 Å². The molecule has 0 bridgehead atoms. The lowest BCUT2D eigenvalue weighted by atomic mass is 9.99. The van der Waals surface area contributed by atoms with Crippen LogP contribution in [0.1, 0.15) is 24.1 Å². The summed E-state index contributed by atoms with van der Waals surface area (Å²) in [5, 5.41) is 0. The van der Waals surface area contributed by atoms with Crippen molar-refractivity contribution >= 4 is 5.91 Å². The second kappa shape index (κ2) is 6.87. The molecular weight excluding hydrogens is 312 g/mol. The van der Waals surface area contributed by atoms with Crippen molar-refractivity contribution in [2.24, 2.45) is 11.8 Å². The second-order valence-corrected chi connectivity index (χ2v) is 7.21.